The number of hydrogen-bond donors (Lipinski definition) is 3. The molecule has 116 valence electrons. The van der Waals surface area contributed by atoms with Crippen molar-refractivity contribution in [3.8, 4) is 5.75 Å². The lowest BCUT2D eigenvalue weighted by Crippen LogP contribution is -2.42. The van der Waals surface area contributed by atoms with Crippen LogP contribution in [0.4, 0.5) is 19.3 Å². The molecule has 0 saturated heterocycles. The molecule has 0 heterocycles. The number of carbonyl (C=O) groups excluding carboxylic acids is 1. The maximum atomic E-state index is 12.2. The zero-order chi connectivity index (χ0) is 15.8. The zero-order valence-electron chi connectivity index (χ0n) is 11.3. The highest BCUT2D eigenvalue weighted by molar-refractivity contribution is 5.93. The Morgan fingerprint density at radius 3 is 2.57 bits per heavy atom. The number of rotatable bonds is 7. The van der Waals surface area contributed by atoms with Crippen molar-refractivity contribution in [1.29, 1.82) is 0 Å². The first-order valence-electron chi connectivity index (χ1n) is 6.28. The molecular weight excluding hydrogens is 286 g/mol. The molecule has 1 aromatic rings. The predicted octanol–water partition coefficient (Wildman–Crippen LogP) is 2.66. The Hall–Kier alpha value is -2.38. The quantitative estimate of drug-likeness (QED) is 0.722. The van der Waals surface area contributed by atoms with Gasteiger partial charge in [-0.15, -0.1) is 0 Å². The van der Waals surface area contributed by atoms with Crippen molar-refractivity contribution >= 4 is 17.7 Å². The van der Waals surface area contributed by atoms with Gasteiger partial charge in [0.1, 0.15) is 11.8 Å². The Kier molecular flexibility index (Phi) is 6.38. The summed E-state index contributed by atoms with van der Waals surface area (Å²) < 4.78 is 28.7. The van der Waals surface area contributed by atoms with E-state index in [9.17, 15) is 18.4 Å². The predicted molar refractivity (Wildman–Crippen MR) is 71.6 cm³/mol. The number of benzene rings is 1. The highest BCUT2D eigenvalue weighted by Crippen LogP contribution is 2.25. The third-order valence-electron chi connectivity index (χ3n) is 2.53. The lowest BCUT2D eigenvalue weighted by Gasteiger charge is -2.16. The number of alkyl halides is 2. The number of carboxylic acids is 1. The van der Waals surface area contributed by atoms with Crippen LogP contribution >= 0.6 is 0 Å². The van der Waals surface area contributed by atoms with Crippen molar-refractivity contribution in [2.24, 2.45) is 0 Å². The lowest BCUT2D eigenvalue weighted by molar-refractivity contribution is -0.139. The van der Waals surface area contributed by atoms with Crippen LogP contribution in [-0.4, -0.2) is 29.8 Å². The Morgan fingerprint density at radius 1 is 1.33 bits per heavy atom. The second-order valence-electron chi connectivity index (χ2n) is 4.15. The maximum Gasteiger partial charge on any atom is 0.387 e. The van der Waals surface area contributed by atoms with Gasteiger partial charge in [0.05, 0.1) is 5.69 Å². The van der Waals surface area contributed by atoms with Crippen LogP contribution < -0.4 is 15.4 Å². The molecule has 1 aromatic carbocycles. The molecule has 0 aromatic heterocycles. The summed E-state index contributed by atoms with van der Waals surface area (Å²) >= 11 is 0. The summed E-state index contributed by atoms with van der Waals surface area (Å²) in [7, 11) is 0. The number of urea groups is 1. The van der Waals surface area contributed by atoms with E-state index in [4.69, 9.17) is 5.11 Å². The number of aliphatic carboxylic acids is 1. The van der Waals surface area contributed by atoms with E-state index in [-0.39, 0.29) is 17.9 Å². The number of carboxylic acid groups (broad SMARTS) is 1. The van der Waals surface area contributed by atoms with Crippen molar-refractivity contribution in [2.45, 2.75) is 32.4 Å². The molecule has 0 aliphatic carbocycles. The summed E-state index contributed by atoms with van der Waals surface area (Å²) in [4.78, 5) is 22.6. The summed E-state index contributed by atoms with van der Waals surface area (Å²) in [5.74, 6) is -1.37. The van der Waals surface area contributed by atoms with Crippen molar-refractivity contribution in [3.05, 3.63) is 24.3 Å². The highest BCUT2D eigenvalue weighted by atomic mass is 19.3. The fourth-order valence-corrected chi connectivity index (χ4v) is 1.63. The minimum Gasteiger partial charge on any atom is -0.480 e. The van der Waals surface area contributed by atoms with Crippen LogP contribution in [-0.2, 0) is 4.79 Å². The fraction of sp³-hybridized carbons (Fsp3) is 0.385. The van der Waals surface area contributed by atoms with Gasteiger partial charge in [0.2, 0.25) is 0 Å². The van der Waals surface area contributed by atoms with Crippen LogP contribution in [0.5, 0.6) is 5.75 Å². The van der Waals surface area contributed by atoms with Gasteiger partial charge in [-0.25, -0.2) is 9.59 Å². The Bertz CT molecular complexity index is 497. The maximum absolute atomic E-state index is 12.2. The number of nitrogens with one attached hydrogen (secondary N) is 2. The molecule has 0 fully saturated rings. The fourth-order valence-electron chi connectivity index (χ4n) is 1.63. The molecule has 0 bridgehead atoms. The highest BCUT2D eigenvalue weighted by Gasteiger charge is 2.19. The van der Waals surface area contributed by atoms with Crippen molar-refractivity contribution < 1.29 is 28.2 Å². The summed E-state index contributed by atoms with van der Waals surface area (Å²) in [5.41, 5.74) is 0.0240. The average molecular weight is 302 g/mol. The molecule has 1 atom stereocenters. The molecule has 0 saturated carbocycles. The largest absolute Gasteiger partial charge is 0.480 e. The van der Waals surface area contributed by atoms with Gasteiger partial charge in [-0.05, 0) is 18.6 Å². The van der Waals surface area contributed by atoms with Crippen molar-refractivity contribution in [2.75, 3.05) is 5.32 Å². The van der Waals surface area contributed by atoms with Gasteiger partial charge in [0.15, 0.2) is 0 Å². The van der Waals surface area contributed by atoms with Crippen LogP contribution in [0.15, 0.2) is 24.3 Å². The number of carbonyl (C=O) groups is 2. The van der Waals surface area contributed by atoms with E-state index in [0.29, 0.717) is 6.42 Å². The summed E-state index contributed by atoms with van der Waals surface area (Å²) in [5, 5.41) is 13.5. The normalized spacial score (nSPS) is 11.8. The van der Waals surface area contributed by atoms with Gasteiger partial charge in [-0.2, -0.15) is 8.78 Å². The third-order valence-corrected chi connectivity index (χ3v) is 2.53. The first-order valence-corrected chi connectivity index (χ1v) is 6.28. The van der Waals surface area contributed by atoms with E-state index in [1.807, 2.05) is 0 Å². The molecule has 1 rings (SSSR count). The topological polar surface area (TPSA) is 87.7 Å². The number of amides is 2. The molecular formula is C13H16F2N2O4. The van der Waals surface area contributed by atoms with Crippen LogP contribution in [0.2, 0.25) is 0 Å². The monoisotopic (exact) mass is 302 g/mol. The van der Waals surface area contributed by atoms with Gasteiger partial charge in [0.25, 0.3) is 0 Å². The van der Waals surface area contributed by atoms with Gasteiger partial charge >= 0.3 is 18.6 Å². The van der Waals surface area contributed by atoms with E-state index < -0.39 is 24.7 Å². The zero-order valence-corrected chi connectivity index (χ0v) is 11.3. The van der Waals surface area contributed by atoms with Crippen molar-refractivity contribution in [3.63, 3.8) is 0 Å². The molecule has 0 aliphatic rings. The molecule has 0 unspecified atom stereocenters. The van der Waals surface area contributed by atoms with Crippen LogP contribution in [0, 0.1) is 0 Å². The molecule has 8 heteroatoms. The lowest BCUT2D eigenvalue weighted by atomic mass is 10.2. The second kappa shape index (κ2) is 8.03. The van der Waals surface area contributed by atoms with Crippen LogP contribution in [0.25, 0.3) is 0 Å². The SMILES string of the molecule is CCC[C@@H](NC(=O)Nc1ccccc1OC(F)F)C(=O)O. The third kappa shape index (κ3) is 5.64. The molecule has 3 N–H and O–H groups in total. The second-order valence-corrected chi connectivity index (χ2v) is 4.15. The van der Waals surface area contributed by atoms with Crippen LogP contribution in [0.3, 0.4) is 0 Å². The van der Waals surface area contributed by atoms with Gasteiger partial charge in [0, 0.05) is 0 Å². The minimum absolute atomic E-state index is 0.0240. The molecule has 6 nitrogen and oxygen atoms in total. The van der Waals surface area contributed by atoms with E-state index >= 15 is 0 Å². The number of hydrogen-bond acceptors (Lipinski definition) is 3. The Morgan fingerprint density at radius 2 is 2.00 bits per heavy atom. The standard InChI is InChI=1S/C13H16F2N2O4/c1-2-5-9(11(18)19)17-13(20)16-8-6-3-4-7-10(8)21-12(14)15/h3-4,6-7,9,12H,2,5H2,1H3,(H,18,19)(H2,16,17,20)/t9-/m1/s1. The Balaban J connectivity index is 2.72. The number of ether oxygens (including phenoxy) is 1. The van der Waals surface area contributed by atoms with Gasteiger partial charge in [-0.3, -0.25) is 0 Å². The van der Waals surface area contributed by atoms with Gasteiger partial charge in [-0.1, -0.05) is 25.5 Å². The number of para-hydroxylation sites is 2. The molecule has 2 amide bonds. The summed E-state index contributed by atoms with van der Waals surface area (Å²) in [6.07, 6.45) is 0.834. The molecule has 0 spiro atoms. The van der Waals surface area contributed by atoms with E-state index in [2.05, 4.69) is 15.4 Å². The number of anilines is 1. The van der Waals surface area contributed by atoms with Crippen molar-refractivity contribution in [1.82, 2.24) is 5.32 Å². The van der Waals surface area contributed by atoms with E-state index in [1.54, 1.807) is 6.92 Å². The first kappa shape index (κ1) is 16.7. The first-order chi connectivity index (χ1) is 9.93. The molecule has 21 heavy (non-hydrogen) atoms. The van der Waals surface area contributed by atoms with E-state index in [0.717, 1.165) is 0 Å². The van der Waals surface area contributed by atoms with Crippen LogP contribution in [0.1, 0.15) is 19.8 Å². The summed E-state index contributed by atoms with van der Waals surface area (Å²) in [6, 6.07) is 3.78. The number of halogens is 2. The average Bonchev–Trinajstić information content (AvgIpc) is 2.39. The minimum atomic E-state index is -3.03. The smallest absolute Gasteiger partial charge is 0.387 e. The summed E-state index contributed by atoms with van der Waals surface area (Å²) in [6.45, 7) is -1.25. The van der Waals surface area contributed by atoms with E-state index in [1.165, 1.54) is 24.3 Å². The Labute approximate surface area is 120 Å². The van der Waals surface area contributed by atoms with Gasteiger partial charge < -0.3 is 20.5 Å². The molecule has 0 aliphatic heterocycles. The molecule has 0 radical (unpaired) electrons.